The lowest BCUT2D eigenvalue weighted by Gasteiger charge is -2.22. The molecule has 0 bridgehead atoms. The molecule has 0 aliphatic carbocycles. The number of benzene rings is 2. The molecule has 26 heavy (non-hydrogen) atoms. The molecule has 3 rings (SSSR count). The molecule has 7 heteroatoms. The van der Waals surface area contributed by atoms with Crippen molar-refractivity contribution in [2.75, 3.05) is 0 Å². The zero-order valence-electron chi connectivity index (χ0n) is 13.8. The highest BCUT2D eigenvalue weighted by Crippen LogP contribution is 2.29. The van der Waals surface area contributed by atoms with Gasteiger partial charge in [0.2, 0.25) is 5.24 Å². The fraction of sp³-hybridized carbons (Fsp3) is 0.211. The molecule has 1 saturated heterocycles. The Bertz CT molecular complexity index is 745. The zero-order chi connectivity index (χ0) is 18.7. The topological polar surface area (TPSA) is 77.9 Å². The Morgan fingerprint density at radius 1 is 0.846 bits per heavy atom. The van der Waals surface area contributed by atoms with E-state index in [9.17, 15) is 19.5 Å². The minimum Gasteiger partial charge on any atom is -0.480 e. The number of carboxylic acids is 1. The second kappa shape index (κ2) is 7.58. The lowest BCUT2D eigenvalue weighted by molar-refractivity contribution is -0.144. The van der Waals surface area contributed by atoms with E-state index < -0.39 is 29.3 Å². The standard InChI is InChI=1S/C19H17ClN2O4/c20-17(23)15-16(18(24)25)22(12-14-9-5-2-6-10-14)19(26)21(15)11-13-7-3-1-4-8-13/h1-10,15-16H,11-12H2,(H,24,25)/t15-,16+/m1/s1. The van der Waals surface area contributed by atoms with Gasteiger partial charge in [-0.15, -0.1) is 0 Å². The van der Waals surface area contributed by atoms with E-state index in [1.807, 2.05) is 24.3 Å². The molecule has 2 atom stereocenters. The van der Waals surface area contributed by atoms with E-state index in [4.69, 9.17) is 11.6 Å². The van der Waals surface area contributed by atoms with Gasteiger partial charge in [-0.25, -0.2) is 9.59 Å². The van der Waals surface area contributed by atoms with Gasteiger partial charge in [-0.05, 0) is 22.7 Å². The molecule has 134 valence electrons. The van der Waals surface area contributed by atoms with Crippen molar-refractivity contribution >= 4 is 28.8 Å². The molecule has 0 aromatic heterocycles. The zero-order valence-corrected chi connectivity index (χ0v) is 14.5. The van der Waals surface area contributed by atoms with E-state index in [1.165, 1.54) is 9.80 Å². The van der Waals surface area contributed by atoms with Crippen molar-refractivity contribution in [1.29, 1.82) is 0 Å². The van der Waals surface area contributed by atoms with Crippen LogP contribution < -0.4 is 0 Å². The highest BCUT2D eigenvalue weighted by molar-refractivity contribution is 6.65. The summed E-state index contributed by atoms with van der Waals surface area (Å²) in [5.41, 5.74) is 1.56. The van der Waals surface area contributed by atoms with Crippen LogP contribution in [0.5, 0.6) is 0 Å². The SMILES string of the molecule is O=C(O)[C@@H]1[C@H](C(=O)Cl)N(Cc2ccccc2)C(=O)N1Cc1ccccc1. The van der Waals surface area contributed by atoms with Gasteiger partial charge in [-0.1, -0.05) is 60.7 Å². The molecule has 0 radical (unpaired) electrons. The number of aliphatic carboxylic acids is 1. The Balaban J connectivity index is 1.94. The Kier molecular flexibility index (Phi) is 5.23. The van der Waals surface area contributed by atoms with Gasteiger partial charge < -0.3 is 14.9 Å². The van der Waals surface area contributed by atoms with Crippen LogP contribution in [-0.2, 0) is 22.7 Å². The monoisotopic (exact) mass is 372 g/mol. The maximum absolute atomic E-state index is 12.9. The lowest BCUT2D eigenvalue weighted by atomic mass is 10.1. The van der Waals surface area contributed by atoms with Crippen molar-refractivity contribution in [2.24, 2.45) is 0 Å². The Morgan fingerprint density at radius 3 is 1.65 bits per heavy atom. The summed E-state index contributed by atoms with van der Waals surface area (Å²) in [7, 11) is 0. The Labute approximate surface area is 155 Å². The fourth-order valence-corrected chi connectivity index (χ4v) is 3.39. The van der Waals surface area contributed by atoms with Crippen molar-refractivity contribution in [1.82, 2.24) is 9.80 Å². The number of amides is 2. The summed E-state index contributed by atoms with van der Waals surface area (Å²) in [5, 5.41) is 8.79. The molecule has 1 heterocycles. The molecule has 2 aromatic carbocycles. The number of carbonyl (C=O) groups excluding carboxylic acids is 2. The van der Waals surface area contributed by atoms with E-state index in [0.29, 0.717) is 0 Å². The highest BCUT2D eigenvalue weighted by Gasteiger charge is 2.52. The second-order valence-electron chi connectivity index (χ2n) is 6.04. The number of carbonyl (C=O) groups is 3. The van der Waals surface area contributed by atoms with Crippen LogP contribution in [0.15, 0.2) is 60.7 Å². The summed E-state index contributed by atoms with van der Waals surface area (Å²) >= 11 is 5.69. The van der Waals surface area contributed by atoms with E-state index in [1.54, 1.807) is 36.4 Å². The maximum atomic E-state index is 12.9. The second-order valence-corrected chi connectivity index (χ2v) is 6.41. The van der Waals surface area contributed by atoms with Gasteiger partial charge in [-0.3, -0.25) is 4.79 Å². The minimum absolute atomic E-state index is 0.0859. The summed E-state index contributed by atoms with van der Waals surface area (Å²) in [4.78, 5) is 39.2. The molecule has 6 nitrogen and oxygen atoms in total. The first kappa shape index (κ1) is 17.9. The average molecular weight is 373 g/mol. The van der Waals surface area contributed by atoms with Crippen molar-refractivity contribution in [3.8, 4) is 0 Å². The first-order chi connectivity index (χ1) is 12.5. The van der Waals surface area contributed by atoms with Crippen LogP contribution in [0.4, 0.5) is 4.79 Å². The molecule has 1 aliphatic heterocycles. The summed E-state index contributed by atoms with van der Waals surface area (Å²) in [6.45, 7) is 0.195. The smallest absolute Gasteiger partial charge is 0.329 e. The summed E-state index contributed by atoms with van der Waals surface area (Å²) < 4.78 is 0. The van der Waals surface area contributed by atoms with Crippen LogP contribution in [0.2, 0.25) is 0 Å². The Hall–Kier alpha value is -2.86. The van der Waals surface area contributed by atoms with E-state index in [2.05, 4.69) is 0 Å². The van der Waals surface area contributed by atoms with Gasteiger partial charge >= 0.3 is 12.0 Å². The minimum atomic E-state index is -1.34. The molecular formula is C19H17ClN2O4. The van der Waals surface area contributed by atoms with E-state index in [0.717, 1.165) is 11.1 Å². The van der Waals surface area contributed by atoms with Crippen LogP contribution >= 0.6 is 11.6 Å². The number of carboxylic acid groups (broad SMARTS) is 1. The van der Waals surface area contributed by atoms with Crippen LogP contribution in [0.1, 0.15) is 11.1 Å². The first-order valence-electron chi connectivity index (χ1n) is 8.06. The Morgan fingerprint density at radius 2 is 1.27 bits per heavy atom. The van der Waals surface area contributed by atoms with Gasteiger partial charge in [0, 0.05) is 13.1 Å². The van der Waals surface area contributed by atoms with Crippen molar-refractivity contribution in [3.05, 3.63) is 71.8 Å². The third kappa shape index (κ3) is 3.55. The molecule has 0 unspecified atom stereocenters. The van der Waals surface area contributed by atoms with Gasteiger partial charge in [0.05, 0.1) is 0 Å². The molecule has 1 aliphatic rings. The molecule has 2 aromatic rings. The van der Waals surface area contributed by atoms with Crippen molar-refractivity contribution in [2.45, 2.75) is 25.2 Å². The number of halogens is 1. The lowest BCUT2D eigenvalue weighted by Crippen LogP contribution is -2.46. The van der Waals surface area contributed by atoms with Gasteiger partial charge in [-0.2, -0.15) is 0 Å². The number of nitrogens with zero attached hydrogens (tertiary/aromatic N) is 2. The van der Waals surface area contributed by atoms with Crippen molar-refractivity contribution < 1.29 is 19.5 Å². The summed E-state index contributed by atoms with van der Waals surface area (Å²) in [6.07, 6.45) is 0. The predicted octanol–water partition coefficient (Wildman–Crippen LogP) is 2.71. The molecule has 0 spiro atoms. The molecule has 1 N–H and O–H groups in total. The number of hydrogen-bond donors (Lipinski definition) is 1. The van der Waals surface area contributed by atoms with Crippen LogP contribution in [-0.4, -0.2) is 44.2 Å². The molecule has 0 saturated carbocycles. The normalized spacial score (nSPS) is 19.7. The van der Waals surface area contributed by atoms with E-state index >= 15 is 0 Å². The van der Waals surface area contributed by atoms with Gasteiger partial charge in [0.15, 0.2) is 6.04 Å². The van der Waals surface area contributed by atoms with E-state index in [-0.39, 0.29) is 13.1 Å². The maximum Gasteiger partial charge on any atom is 0.329 e. The number of urea groups is 1. The van der Waals surface area contributed by atoms with Crippen molar-refractivity contribution in [3.63, 3.8) is 0 Å². The predicted molar refractivity (Wildman–Crippen MR) is 95.4 cm³/mol. The molecule has 1 fully saturated rings. The third-order valence-corrected chi connectivity index (χ3v) is 4.56. The number of hydrogen-bond acceptors (Lipinski definition) is 3. The van der Waals surface area contributed by atoms with Crippen LogP contribution in [0.25, 0.3) is 0 Å². The highest BCUT2D eigenvalue weighted by atomic mass is 35.5. The summed E-state index contributed by atoms with van der Waals surface area (Å²) in [6, 6.07) is 15.0. The molecular weight excluding hydrogens is 356 g/mol. The first-order valence-corrected chi connectivity index (χ1v) is 8.44. The largest absolute Gasteiger partial charge is 0.480 e. The summed E-state index contributed by atoms with van der Waals surface area (Å²) in [5.74, 6) is -1.26. The third-order valence-electron chi connectivity index (χ3n) is 4.34. The average Bonchev–Trinajstić information content (AvgIpc) is 2.90. The van der Waals surface area contributed by atoms with Crippen LogP contribution in [0, 0.1) is 0 Å². The van der Waals surface area contributed by atoms with Gasteiger partial charge in [0.25, 0.3) is 0 Å². The van der Waals surface area contributed by atoms with Gasteiger partial charge in [0.1, 0.15) is 6.04 Å². The quantitative estimate of drug-likeness (QED) is 0.791. The van der Waals surface area contributed by atoms with Crippen LogP contribution in [0.3, 0.4) is 0 Å². The molecule has 2 amide bonds. The number of rotatable bonds is 6. The fourth-order valence-electron chi connectivity index (χ4n) is 3.15.